The molecule has 1 amide bonds. The smallest absolute Gasteiger partial charge is 0.338 e. The molecule has 1 aliphatic heterocycles. The molecule has 2 aromatic carbocycles. The average molecular weight is 385 g/mol. The van der Waals surface area contributed by atoms with Crippen molar-refractivity contribution >= 4 is 35.0 Å². The first kappa shape index (κ1) is 19.3. The number of ether oxygens (including phenoxy) is 1. The Hall–Kier alpha value is -2.47. The minimum atomic E-state index is -0.488. The predicted molar refractivity (Wildman–Crippen MR) is 110 cm³/mol. The lowest BCUT2D eigenvalue weighted by Gasteiger charge is -2.22. The van der Waals surface area contributed by atoms with Gasteiger partial charge in [0.2, 0.25) is 0 Å². The van der Waals surface area contributed by atoms with Crippen LogP contribution in [-0.4, -0.2) is 44.4 Å². The summed E-state index contributed by atoms with van der Waals surface area (Å²) in [7, 11) is 3.81. The highest BCUT2D eigenvalue weighted by Crippen LogP contribution is 2.37. The second-order valence-corrected chi connectivity index (χ2v) is 8.23. The van der Waals surface area contributed by atoms with Crippen LogP contribution in [0.15, 0.2) is 53.4 Å². The molecule has 1 heterocycles. The molecule has 1 aliphatic rings. The number of rotatable bonds is 4. The Morgan fingerprint density at radius 3 is 2.74 bits per heavy atom. The SMILES string of the molecule is C[C@H]1CCN(C(=O)COC(=O)c2cccc(N(C)C)c2)c2ccccc2S1. The average Bonchev–Trinajstić information content (AvgIpc) is 2.84. The van der Waals surface area contributed by atoms with E-state index in [9.17, 15) is 9.59 Å². The van der Waals surface area contributed by atoms with Crippen molar-refractivity contribution in [3.8, 4) is 0 Å². The summed E-state index contributed by atoms with van der Waals surface area (Å²) in [6, 6.07) is 15.0. The fourth-order valence-electron chi connectivity index (χ4n) is 2.95. The van der Waals surface area contributed by atoms with E-state index in [1.807, 2.05) is 49.3 Å². The van der Waals surface area contributed by atoms with Crippen LogP contribution >= 0.6 is 11.8 Å². The molecule has 2 aromatic rings. The maximum Gasteiger partial charge on any atom is 0.338 e. The Labute approximate surface area is 164 Å². The van der Waals surface area contributed by atoms with Gasteiger partial charge in [0.1, 0.15) is 0 Å². The van der Waals surface area contributed by atoms with Gasteiger partial charge in [0, 0.05) is 36.5 Å². The lowest BCUT2D eigenvalue weighted by Crippen LogP contribution is -2.35. The Bertz CT molecular complexity index is 838. The molecular formula is C21H24N2O3S. The Morgan fingerprint density at radius 1 is 1.19 bits per heavy atom. The summed E-state index contributed by atoms with van der Waals surface area (Å²) in [5.41, 5.74) is 2.24. The molecule has 0 aromatic heterocycles. The van der Waals surface area contributed by atoms with Crippen molar-refractivity contribution in [1.29, 1.82) is 0 Å². The standard InChI is InChI=1S/C21H24N2O3S/c1-15-11-12-23(18-9-4-5-10-19(18)27-15)20(24)14-26-21(25)16-7-6-8-17(13-16)22(2)3/h4-10,13,15H,11-12,14H2,1-3H3/t15-/m0/s1. The van der Waals surface area contributed by atoms with Crippen LogP contribution in [0.5, 0.6) is 0 Å². The third kappa shape index (κ3) is 4.63. The van der Waals surface area contributed by atoms with Gasteiger partial charge in [0.15, 0.2) is 6.61 Å². The maximum absolute atomic E-state index is 12.8. The summed E-state index contributed by atoms with van der Waals surface area (Å²) in [6.45, 7) is 2.52. The number of hydrogen-bond acceptors (Lipinski definition) is 5. The molecule has 0 saturated carbocycles. The highest BCUT2D eigenvalue weighted by Gasteiger charge is 2.25. The predicted octanol–water partition coefficient (Wildman–Crippen LogP) is 3.83. The Balaban J connectivity index is 1.69. The van der Waals surface area contributed by atoms with Crippen LogP contribution in [-0.2, 0) is 9.53 Å². The van der Waals surface area contributed by atoms with Gasteiger partial charge in [-0.25, -0.2) is 4.79 Å². The summed E-state index contributed by atoms with van der Waals surface area (Å²) in [4.78, 5) is 29.8. The van der Waals surface area contributed by atoms with Gasteiger partial charge in [-0.3, -0.25) is 4.79 Å². The quantitative estimate of drug-likeness (QED) is 0.750. The van der Waals surface area contributed by atoms with Crippen LogP contribution in [0.2, 0.25) is 0 Å². The summed E-state index contributed by atoms with van der Waals surface area (Å²) < 4.78 is 5.31. The van der Waals surface area contributed by atoms with Crippen molar-refractivity contribution in [2.45, 2.75) is 23.5 Å². The maximum atomic E-state index is 12.8. The minimum absolute atomic E-state index is 0.200. The fourth-order valence-corrected chi connectivity index (χ4v) is 4.06. The second-order valence-electron chi connectivity index (χ2n) is 6.75. The van der Waals surface area contributed by atoms with Crippen molar-refractivity contribution in [2.24, 2.45) is 0 Å². The van der Waals surface area contributed by atoms with Crippen molar-refractivity contribution in [3.05, 3.63) is 54.1 Å². The third-order valence-corrected chi connectivity index (χ3v) is 5.71. The van der Waals surface area contributed by atoms with E-state index in [2.05, 4.69) is 6.92 Å². The number of amides is 1. The lowest BCUT2D eigenvalue weighted by atomic mass is 10.2. The van der Waals surface area contributed by atoms with E-state index < -0.39 is 5.97 Å². The van der Waals surface area contributed by atoms with Gasteiger partial charge in [0.05, 0.1) is 11.3 Å². The zero-order chi connectivity index (χ0) is 19.4. The van der Waals surface area contributed by atoms with Crippen LogP contribution in [0.4, 0.5) is 11.4 Å². The highest BCUT2D eigenvalue weighted by atomic mass is 32.2. The molecule has 27 heavy (non-hydrogen) atoms. The molecule has 0 bridgehead atoms. The van der Waals surface area contributed by atoms with Crippen LogP contribution in [0, 0.1) is 0 Å². The topological polar surface area (TPSA) is 49.9 Å². The number of anilines is 2. The van der Waals surface area contributed by atoms with Crippen LogP contribution in [0.3, 0.4) is 0 Å². The van der Waals surface area contributed by atoms with Crippen LogP contribution in [0.1, 0.15) is 23.7 Å². The number of benzene rings is 2. The molecule has 0 unspecified atom stereocenters. The molecule has 3 rings (SSSR count). The number of para-hydroxylation sites is 1. The van der Waals surface area contributed by atoms with E-state index in [1.54, 1.807) is 34.9 Å². The van der Waals surface area contributed by atoms with Crippen molar-refractivity contribution < 1.29 is 14.3 Å². The minimum Gasteiger partial charge on any atom is -0.452 e. The molecular weight excluding hydrogens is 360 g/mol. The zero-order valence-electron chi connectivity index (χ0n) is 15.8. The zero-order valence-corrected chi connectivity index (χ0v) is 16.7. The van der Waals surface area contributed by atoms with E-state index in [0.717, 1.165) is 22.7 Å². The second kappa shape index (κ2) is 8.48. The molecule has 0 radical (unpaired) electrons. The number of fused-ring (bicyclic) bond motifs is 1. The normalized spacial score (nSPS) is 16.3. The largest absolute Gasteiger partial charge is 0.452 e. The van der Waals surface area contributed by atoms with Crippen molar-refractivity contribution in [1.82, 2.24) is 0 Å². The number of hydrogen-bond donors (Lipinski definition) is 0. The summed E-state index contributed by atoms with van der Waals surface area (Å²) >= 11 is 1.77. The first-order valence-electron chi connectivity index (χ1n) is 8.96. The van der Waals surface area contributed by atoms with E-state index in [1.165, 1.54) is 0 Å². The van der Waals surface area contributed by atoms with Crippen molar-refractivity contribution in [2.75, 3.05) is 37.0 Å². The van der Waals surface area contributed by atoms with Crippen LogP contribution < -0.4 is 9.80 Å². The molecule has 142 valence electrons. The van der Waals surface area contributed by atoms with Gasteiger partial charge in [0.25, 0.3) is 5.91 Å². The molecule has 6 heteroatoms. The first-order chi connectivity index (χ1) is 13.0. The number of nitrogens with zero attached hydrogens (tertiary/aromatic N) is 2. The molecule has 1 atom stereocenters. The first-order valence-corrected chi connectivity index (χ1v) is 9.84. The number of thioether (sulfide) groups is 1. The van der Waals surface area contributed by atoms with Gasteiger partial charge in [-0.05, 0) is 36.8 Å². The molecule has 0 saturated heterocycles. The molecule has 0 fully saturated rings. The van der Waals surface area contributed by atoms with Gasteiger partial charge in [-0.1, -0.05) is 25.1 Å². The molecule has 0 N–H and O–H groups in total. The number of carbonyl (C=O) groups is 2. The van der Waals surface area contributed by atoms with E-state index >= 15 is 0 Å². The van der Waals surface area contributed by atoms with Gasteiger partial charge < -0.3 is 14.5 Å². The van der Waals surface area contributed by atoms with Gasteiger partial charge in [-0.2, -0.15) is 0 Å². The third-order valence-electron chi connectivity index (χ3n) is 4.47. The number of carbonyl (C=O) groups excluding carboxylic acids is 2. The summed E-state index contributed by atoms with van der Waals surface area (Å²) in [5, 5.41) is 0.431. The number of esters is 1. The molecule has 0 spiro atoms. The summed E-state index contributed by atoms with van der Waals surface area (Å²) in [6.07, 6.45) is 0.893. The van der Waals surface area contributed by atoms with E-state index in [0.29, 0.717) is 17.4 Å². The molecule has 0 aliphatic carbocycles. The van der Waals surface area contributed by atoms with Gasteiger partial charge >= 0.3 is 5.97 Å². The fraction of sp³-hybridized carbons (Fsp3) is 0.333. The van der Waals surface area contributed by atoms with Gasteiger partial charge in [-0.15, -0.1) is 11.8 Å². The van der Waals surface area contributed by atoms with E-state index in [4.69, 9.17) is 4.74 Å². The Morgan fingerprint density at radius 2 is 1.96 bits per heavy atom. The summed E-state index contributed by atoms with van der Waals surface area (Å²) in [5.74, 6) is -0.688. The Kier molecular flexibility index (Phi) is 6.06. The van der Waals surface area contributed by atoms with E-state index in [-0.39, 0.29) is 12.5 Å². The molecule has 5 nitrogen and oxygen atoms in total. The highest BCUT2D eigenvalue weighted by molar-refractivity contribution is 8.00. The van der Waals surface area contributed by atoms with Crippen LogP contribution in [0.25, 0.3) is 0 Å². The van der Waals surface area contributed by atoms with Crippen molar-refractivity contribution in [3.63, 3.8) is 0 Å². The lowest BCUT2D eigenvalue weighted by molar-refractivity contribution is -0.121. The monoisotopic (exact) mass is 384 g/mol.